The summed E-state index contributed by atoms with van der Waals surface area (Å²) in [7, 11) is 1.51. The van der Waals surface area contributed by atoms with E-state index in [1.54, 1.807) is 36.4 Å². The second-order valence-electron chi connectivity index (χ2n) is 4.50. The van der Waals surface area contributed by atoms with E-state index in [0.29, 0.717) is 45.4 Å². The van der Waals surface area contributed by atoms with E-state index in [2.05, 4.69) is 4.98 Å². The first kappa shape index (κ1) is 14.4. The van der Waals surface area contributed by atoms with E-state index in [-0.39, 0.29) is 6.61 Å². The maximum Gasteiger partial charge on any atom is 0.233 e. The molecule has 22 heavy (non-hydrogen) atoms. The number of nitrogens with zero attached hydrogens (tertiary/aromatic N) is 1. The number of benzene rings is 2. The number of carbonyl (C=O) groups excluding carboxylic acids is 1. The number of halogens is 1. The number of oxazole rings is 1. The molecule has 5 nitrogen and oxygen atoms in total. The van der Waals surface area contributed by atoms with Crippen LogP contribution in [0.25, 0.3) is 11.1 Å². The van der Waals surface area contributed by atoms with Gasteiger partial charge < -0.3 is 13.9 Å². The predicted octanol–water partition coefficient (Wildman–Crippen LogP) is 3.88. The van der Waals surface area contributed by atoms with Crippen molar-refractivity contribution >= 4 is 29.0 Å². The fraction of sp³-hybridized carbons (Fsp3) is 0.125. The van der Waals surface area contributed by atoms with Crippen molar-refractivity contribution in [3.05, 3.63) is 52.9 Å². The highest BCUT2D eigenvalue weighted by Crippen LogP contribution is 2.31. The third-order valence-corrected chi connectivity index (χ3v) is 3.33. The number of hydrogen-bond acceptors (Lipinski definition) is 5. The Balaban J connectivity index is 1.86. The van der Waals surface area contributed by atoms with Crippen LogP contribution in [0.1, 0.15) is 16.2 Å². The summed E-state index contributed by atoms with van der Waals surface area (Å²) < 4.78 is 16.4. The van der Waals surface area contributed by atoms with Crippen molar-refractivity contribution in [2.24, 2.45) is 0 Å². The van der Waals surface area contributed by atoms with Gasteiger partial charge in [0.1, 0.15) is 5.52 Å². The fourth-order valence-corrected chi connectivity index (χ4v) is 2.25. The summed E-state index contributed by atoms with van der Waals surface area (Å²) in [5, 5.41) is 0.584. The molecule has 6 heteroatoms. The van der Waals surface area contributed by atoms with Crippen molar-refractivity contribution in [1.29, 1.82) is 0 Å². The number of hydrogen-bond donors (Lipinski definition) is 0. The van der Waals surface area contributed by atoms with E-state index in [9.17, 15) is 4.79 Å². The monoisotopic (exact) mass is 317 g/mol. The van der Waals surface area contributed by atoms with Gasteiger partial charge in [-0.2, -0.15) is 0 Å². The lowest BCUT2D eigenvalue weighted by molar-refractivity contribution is 0.111. The molecule has 3 rings (SSSR count). The Labute approximate surface area is 131 Å². The zero-order chi connectivity index (χ0) is 15.5. The molecule has 0 bridgehead atoms. The highest BCUT2D eigenvalue weighted by Gasteiger charge is 2.12. The molecule has 0 spiro atoms. The van der Waals surface area contributed by atoms with Gasteiger partial charge >= 0.3 is 0 Å². The third kappa shape index (κ3) is 2.76. The van der Waals surface area contributed by atoms with E-state index in [1.807, 2.05) is 0 Å². The number of methoxy groups -OCH3 is 1. The van der Waals surface area contributed by atoms with Crippen LogP contribution in [-0.2, 0) is 6.61 Å². The fourth-order valence-electron chi connectivity index (χ4n) is 2.08. The summed E-state index contributed by atoms with van der Waals surface area (Å²) >= 11 is 5.91. The van der Waals surface area contributed by atoms with Crippen molar-refractivity contribution in [3.63, 3.8) is 0 Å². The largest absolute Gasteiger partial charge is 0.493 e. The number of rotatable bonds is 5. The SMILES string of the molecule is COc1cccc(C=O)c1OCc1nc2cc(Cl)ccc2o1. The van der Waals surface area contributed by atoms with Crippen LogP contribution in [0, 0.1) is 0 Å². The number of aldehydes is 1. The van der Waals surface area contributed by atoms with Crippen molar-refractivity contribution < 1.29 is 18.7 Å². The number of para-hydroxylation sites is 1. The lowest BCUT2D eigenvalue weighted by atomic mass is 10.2. The normalized spacial score (nSPS) is 10.6. The zero-order valence-corrected chi connectivity index (χ0v) is 12.5. The Bertz CT molecular complexity index is 828. The molecular weight excluding hydrogens is 306 g/mol. The molecule has 0 radical (unpaired) electrons. The minimum atomic E-state index is 0.0769. The smallest absolute Gasteiger partial charge is 0.233 e. The van der Waals surface area contributed by atoms with Crippen molar-refractivity contribution in [2.75, 3.05) is 7.11 Å². The lowest BCUT2D eigenvalue weighted by Gasteiger charge is -2.10. The zero-order valence-electron chi connectivity index (χ0n) is 11.7. The summed E-state index contributed by atoms with van der Waals surface area (Å²) in [6.07, 6.45) is 0.712. The Kier molecular flexibility index (Phi) is 3.98. The summed E-state index contributed by atoms with van der Waals surface area (Å²) in [4.78, 5) is 15.4. The highest BCUT2D eigenvalue weighted by atomic mass is 35.5. The summed E-state index contributed by atoms with van der Waals surface area (Å²) in [5.41, 5.74) is 1.68. The van der Waals surface area contributed by atoms with Gasteiger partial charge in [-0.05, 0) is 30.3 Å². The van der Waals surface area contributed by atoms with E-state index >= 15 is 0 Å². The molecule has 0 amide bonds. The van der Waals surface area contributed by atoms with Crippen LogP contribution in [-0.4, -0.2) is 18.4 Å². The molecule has 1 heterocycles. The van der Waals surface area contributed by atoms with Crippen molar-refractivity contribution in [3.8, 4) is 11.5 Å². The lowest BCUT2D eigenvalue weighted by Crippen LogP contribution is -2.00. The van der Waals surface area contributed by atoms with Gasteiger partial charge in [-0.1, -0.05) is 17.7 Å². The minimum Gasteiger partial charge on any atom is -0.493 e. The Hall–Kier alpha value is -2.53. The number of fused-ring (bicyclic) bond motifs is 1. The molecule has 0 saturated heterocycles. The van der Waals surface area contributed by atoms with Crippen LogP contribution in [0.2, 0.25) is 5.02 Å². The molecule has 112 valence electrons. The molecule has 0 saturated carbocycles. The van der Waals surface area contributed by atoms with Crippen LogP contribution in [0.3, 0.4) is 0 Å². The average Bonchev–Trinajstić information content (AvgIpc) is 2.94. The molecule has 3 aromatic rings. The molecule has 0 atom stereocenters. The highest BCUT2D eigenvalue weighted by molar-refractivity contribution is 6.31. The van der Waals surface area contributed by atoms with Crippen LogP contribution in [0.5, 0.6) is 11.5 Å². The second kappa shape index (κ2) is 6.07. The van der Waals surface area contributed by atoms with Gasteiger partial charge in [0.25, 0.3) is 0 Å². The molecule has 0 N–H and O–H groups in total. The molecule has 0 aliphatic rings. The van der Waals surface area contributed by atoms with Crippen molar-refractivity contribution in [1.82, 2.24) is 4.98 Å². The predicted molar refractivity (Wildman–Crippen MR) is 81.7 cm³/mol. The molecular formula is C16H12ClNO4. The van der Waals surface area contributed by atoms with Gasteiger partial charge in [0.05, 0.1) is 12.7 Å². The van der Waals surface area contributed by atoms with Gasteiger partial charge in [0.15, 0.2) is 30.0 Å². The first-order valence-corrected chi connectivity index (χ1v) is 6.89. The van der Waals surface area contributed by atoms with E-state index < -0.39 is 0 Å². The number of aromatic nitrogens is 1. The average molecular weight is 318 g/mol. The molecule has 0 aliphatic carbocycles. The minimum absolute atomic E-state index is 0.0769. The summed E-state index contributed by atoms with van der Waals surface area (Å²) in [6, 6.07) is 10.3. The van der Waals surface area contributed by atoms with Crippen molar-refractivity contribution in [2.45, 2.75) is 6.61 Å². The quantitative estimate of drug-likeness (QED) is 0.668. The van der Waals surface area contributed by atoms with E-state index in [0.717, 1.165) is 0 Å². The maximum absolute atomic E-state index is 11.1. The summed E-state index contributed by atoms with van der Waals surface area (Å²) in [5.74, 6) is 1.23. The standard InChI is InChI=1S/C16H12ClNO4/c1-20-14-4-2-3-10(8-19)16(14)21-9-15-18-12-7-11(17)5-6-13(12)22-15/h2-8H,9H2,1H3. The first-order chi connectivity index (χ1) is 10.7. The molecule has 0 aliphatic heterocycles. The van der Waals surface area contributed by atoms with Crippen LogP contribution < -0.4 is 9.47 Å². The van der Waals surface area contributed by atoms with Gasteiger partial charge in [0, 0.05) is 5.02 Å². The van der Waals surface area contributed by atoms with Crippen LogP contribution in [0.15, 0.2) is 40.8 Å². The Morgan fingerprint density at radius 2 is 2.18 bits per heavy atom. The van der Waals surface area contributed by atoms with Gasteiger partial charge in [-0.15, -0.1) is 0 Å². The summed E-state index contributed by atoms with van der Waals surface area (Å²) in [6.45, 7) is 0.0769. The molecule has 0 unspecified atom stereocenters. The van der Waals surface area contributed by atoms with Gasteiger partial charge in [0.2, 0.25) is 5.89 Å². The van der Waals surface area contributed by atoms with Crippen LogP contribution in [0.4, 0.5) is 0 Å². The third-order valence-electron chi connectivity index (χ3n) is 3.09. The molecule has 1 aromatic heterocycles. The van der Waals surface area contributed by atoms with Crippen LogP contribution >= 0.6 is 11.6 Å². The topological polar surface area (TPSA) is 61.6 Å². The Morgan fingerprint density at radius 1 is 1.32 bits per heavy atom. The van der Waals surface area contributed by atoms with Gasteiger partial charge in [-0.25, -0.2) is 4.98 Å². The Morgan fingerprint density at radius 3 is 2.95 bits per heavy atom. The van der Waals surface area contributed by atoms with E-state index in [1.165, 1.54) is 7.11 Å². The van der Waals surface area contributed by atoms with E-state index in [4.69, 9.17) is 25.5 Å². The number of carbonyl (C=O) groups is 1. The van der Waals surface area contributed by atoms with Gasteiger partial charge in [-0.3, -0.25) is 4.79 Å². The molecule has 2 aromatic carbocycles. The number of ether oxygens (including phenoxy) is 2. The molecule has 0 fully saturated rings. The maximum atomic E-state index is 11.1. The second-order valence-corrected chi connectivity index (χ2v) is 4.94. The first-order valence-electron chi connectivity index (χ1n) is 6.51.